The first-order chi connectivity index (χ1) is 11.5. The van der Waals surface area contributed by atoms with E-state index in [0.717, 1.165) is 16.9 Å². The van der Waals surface area contributed by atoms with E-state index in [1.165, 1.54) is 5.56 Å². The number of aromatic nitrogens is 2. The molecule has 122 valence electrons. The maximum atomic E-state index is 12.5. The molecule has 0 fully saturated rings. The molecule has 4 heteroatoms. The number of amides is 1. The molecule has 4 nitrogen and oxygen atoms in total. The molecule has 0 aliphatic carbocycles. The Morgan fingerprint density at radius 3 is 2.38 bits per heavy atom. The van der Waals surface area contributed by atoms with Crippen LogP contribution in [-0.2, 0) is 0 Å². The van der Waals surface area contributed by atoms with Gasteiger partial charge in [0.25, 0.3) is 5.91 Å². The van der Waals surface area contributed by atoms with Gasteiger partial charge in [-0.15, -0.1) is 0 Å². The van der Waals surface area contributed by atoms with E-state index in [9.17, 15) is 4.79 Å². The van der Waals surface area contributed by atoms with Crippen molar-refractivity contribution < 1.29 is 4.79 Å². The lowest BCUT2D eigenvalue weighted by atomic mass is 10.1. The molecule has 0 aliphatic rings. The molecule has 1 heterocycles. The monoisotopic (exact) mass is 319 g/mol. The third-order valence-electron chi connectivity index (χ3n) is 4.05. The van der Waals surface area contributed by atoms with Crippen LogP contribution in [0.5, 0.6) is 0 Å². The summed E-state index contributed by atoms with van der Waals surface area (Å²) in [6.45, 7) is 5.97. The van der Waals surface area contributed by atoms with Crippen molar-refractivity contribution in [2.45, 2.75) is 26.8 Å². The maximum absolute atomic E-state index is 12.5. The Bertz CT molecular complexity index is 835. The molecule has 0 spiro atoms. The van der Waals surface area contributed by atoms with E-state index < -0.39 is 0 Å². The second kappa shape index (κ2) is 6.71. The predicted molar refractivity (Wildman–Crippen MR) is 95.4 cm³/mol. The SMILES string of the molecule is Cc1ccc(C(C)NC(=O)c2cc(C)n(-c3ccccc3)n2)cc1. The van der Waals surface area contributed by atoms with Gasteiger partial charge >= 0.3 is 0 Å². The lowest BCUT2D eigenvalue weighted by Gasteiger charge is -2.13. The second-order valence-corrected chi connectivity index (χ2v) is 6.02. The fourth-order valence-electron chi connectivity index (χ4n) is 2.63. The average Bonchev–Trinajstić information content (AvgIpc) is 2.98. The van der Waals surface area contributed by atoms with Gasteiger partial charge in [-0.2, -0.15) is 5.10 Å². The first-order valence-corrected chi connectivity index (χ1v) is 8.04. The predicted octanol–water partition coefficient (Wildman–Crippen LogP) is 3.98. The third-order valence-corrected chi connectivity index (χ3v) is 4.05. The summed E-state index contributed by atoms with van der Waals surface area (Å²) in [5.74, 6) is -0.166. The molecule has 0 radical (unpaired) electrons. The summed E-state index contributed by atoms with van der Waals surface area (Å²) in [7, 11) is 0. The number of carbonyl (C=O) groups is 1. The summed E-state index contributed by atoms with van der Waals surface area (Å²) in [5, 5.41) is 7.45. The van der Waals surface area contributed by atoms with Crippen molar-refractivity contribution in [2.75, 3.05) is 0 Å². The molecule has 3 aromatic rings. The van der Waals surface area contributed by atoms with E-state index in [1.54, 1.807) is 4.68 Å². The normalized spacial score (nSPS) is 12.0. The third kappa shape index (κ3) is 3.38. The zero-order valence-electron chi connectivity index (χ0n) is 14.2. The van der Waals surface area contributed by atoms with E-state index >= 15 is 0 Å². The summed E-state index contributed by atoms with van der Waals surface area (Å²) in [6, 6.07) is 19.7. The zero-order chi connectivity index (χ0) is 17.1. The topological polar surface area (TPSA) is 46.9 Å². The summed E-state index contributed by atoms with van der Waals surface area (Å²) in [5.41, 5.74) is 4.58. The van der Waals surface area contributed by atoms with Gasteiger partial charge in [-0.1, -0.05) is 48.0 Å². The van der Waals surface area contributed by atoms with Crippen LogP contribution in [0.4, 0.5) is 0 Å². The van der Waals surface area contributed by atoms with Crippen LogP contribution in [-0.4, -0.2) is 15.7 Å². The maximum Gasteiger partial charge on any atom is 0.272 e. The molecule has 1 aromatic heterocycles. The minimum Gasteiger partial charge on any atom is -0.344 e. The van der Waals surface area contributed by atoms with Gasteiger partial charge in [0.05, 0.1) is 11.7 Å². The van der Waals surface area contributed by atoms with Gasteiger partial charge in [0, 0.05) is 5.69 Å². The first kappa shape index (κ1) is 16.0. The average molecular weight is 319 g/mol. The highest BCUT2D eigenvalue weighted by Crippen LogP contribution is 2.15. The fourth-order valence-corrected chi connectivity index (χ4v) is 2.63. The van der Waals surface area contributed by atoms with E-state index in [2.05, 4.69) is 10.4 Å². The molecule has 2 aromatic carbocycles. The summed E-state index contributed by atoms with van der Waals surface area (Å²) in [6.07, 6.45) is 0. The molecule has 24 heavy (non-hydrogen) atoms. The van der Waals surface area contributed by atoms with E-state index in [-0.39, 0.29) is 11.9 Å². The number of nitrogens with one attached hydrogen (secondary N) is 1. The lowest BCUT2D eigenvalue weighted by molar-refractivity contribution is 0.0934. The lowest BCUT2D eigenvalue weighted by Crippen LogP contribution is -2.27. The molecule has 3 rings (SSSR count). The molecule has 0 saturated heterocycles. The Kier molecular flexibility index (Phi) is 4.47. The van der Waals surface area contributed by atoms with Crippen LogP contribution in [0.1, 0.15) is 40.3 Å². The van der Waals surface area contributed by atoms with Gasteiger partial charge in [0.2, 0.25) is 0 Å². The van der Waals surface area contributed by atoms with Crippen LogP contribution in [0.2, 0.25) is 0 Å². The number of hydrogen-bond acceptors (Lipinski definition) is 2. The standard InChI is InChI=1S/C20H21N3O/c1-14-9-11-17(12-10-14)16(3)21-20(24)19-13-15(2)23(22-19)18-7-5-4-6-8-18/h4-13,16H,1-3H3,(H,21,24). The van der Waals surface area contributed by atoms with Gasteiger partial charge < -0.3 is 5.32 Å². The Morgan fingerprint density at radius 1 is 1.04 bits per heavy atom. The van der Waals surface area contributed by atoms with Crippen molar-refractivity contribution >= 4 is 5.91 Å². The van der Waals surface area contributed by atoms with Crippen molar-refractivity contribution in [3.05, 3.63) is 83.2 Å². The van der Waals surface area contributed by atoms with Crippen molar-refractivity contribution in [3.8, 4) is 5.69 Å². The first-order valence-electron chi connectivity index (χ1n) is 8.04. The number of carbonyl (C=O) groups excluding carboxylic acids is 1. The highest BCUT2D eigenvalue weighted by molar-refractivity contribution is 5.92. The van der Waals surface area contributed by atoms with Crippen LogP contribution in [0.15, 0.2) is 60.7 Å². The summed E-state index contributed by atoms with van der Waals surface area (Å²) < 4.78 is 1.78. The minimum atomic E-state index is -0.166. The second-order valence-electron chi connectivity index (χ2n) is 6.02. The van der Waals surface area contributed by atoms with Crippen LogP contribution in [0.25, 0.3) is 5.69 Å². The smallest absolute Gasteiger partial charge is 0.272 e. The Balaban J connectivity index is 1.77. The highest BCUT2D eigenvalue weighted by Gasteiger charge is 2.16. The van der Waals surface area contributed by atoms with Crippen LogP contribution in [0, 0.1) is 13.8 Å². The largest absolute Gasteiger partial charge is 0.344 e. The van der Waals surface area contributed by atoms with Crippen LogP contribution in [0.3, 0.4) is 0 Å². The number of para-hydroxylation sites is 1. The van der Waals surface area contributed by atoms with Gasteiger partial charge in [-0.3, -0.25) is 4.79 Å². The highest BCUT2D eigenvalue weighted by atomic mass is 16.2. The Morgan fingerprint density at radius 2 is 1.71 bits per heavy atom. The van der Waals surface area contributed by atoms with Crippen molar-refractivity contribution in [3.63, 3.8) is 0 Å². The van der Waals surface area contributed by atoms with E-state index in [1.807, 2.05) is 81.4 Å². The number of rotatable bonds is 4. The molecule has 0 bridgehead atoms. The number of aryl methyl sites for hydroxylation is 2. The van der Waals surface area contributed by atoms with E-state index in [4.69, 9.17) is 0 Å². The quantitative estimate of drug-likeness (QED) is 0.790. The summed E-state index contributed by atoms with van der Waals surface area (Å²) >= 11 is 0. The zero-order valence-corrected chi connectivity index (χ0v) is 14.2. The molecular weight excluding hydrogens is 298 g/mol. The Hall–Kier alpha value is -2.88. The molecular formula is C20H21N3O. The minimum absolute atomic E-state index is 0.0692. The molecule has 1 N–H and O–H groups in total. The molecule has 0 saturated carbocycles. The van der Waals surface area contributed by atoms with Gasteiger partial charge in [-0.05, 0) is 44.5 Å². The van der Waals surface area contributed by atoms with Gasteiger partial charge in [0.1, 0.15) is 0 Å². The summed E-state index contributed by atoms with van der Waals surface area (Å²) in [4.78, 5) is 12.5. The molecule has 1 unspecified atom stereocenters. The van der Waals surface area contributed by atoms with Crippen molar-refractivity contribution in [1.29, 1.82) is 0 Å². The van der Waals surface area contributed by atoms with Crippen LogP contribution < -0.4 is 5.32 Å². The fraction of sp³-hybridized carbons (Fsp3) is 0.200. The van der Waals surface area contributed by atoms with Crippen molar-refractivity contribution in [1.82, 2.24) is 15.1 Å². The van der Waals surface area contributed by atoms with Gasteiger partial charge in [-0.25, -0.2) is 4.68 Å². The van der Waals surface area contributed by atoms with Crippen molar-refractivity contribution in [2.24, 2.45) is 0 Å². The number of hydrogen-bond donors (Lipinski definition) is 1. The number of benzene rings is 2. The number of nitrogens with zero attached hydrogens (tertiary/aromatic N) is 2. The molecule has 1 amide bonds. The molecule has 1 atom stereocenters. The van der Waals surface area contributed by atoms with Crippen LogP contribution >= 0.6 is 0 Å². The van der Waals surface area contributed by atoms with Gasteiger partial charge in [0.15, 0.2) is 5.69 Å². The molecule has 0 aliphatic heterocycles. The Labute approximate surface area is 142 Å². The van der Waals surface area contributed by atoms with E-state index in [0.29, 0.717) is 5.69 Å².